The van der Waals surface area contributed by atoms with Crippen LogP contribution in [0.2, 0.25) is 0 Å². The molecule has 0 amide bonds. The maximum Gasteiger partial charge on any atom is 0.0618 e. The summed E-state index contributed by atoms with van der Waals surface area (Å²) in [5.41, 5.74) is 1.25. The van der Waals surface area contributed by atoms with Gasteiger partial charge in [-0.05, 0) is 12.1 Å². The Morgan fingerprint density at radius 2 is 1.69 bits per heavy atom. The molecule has 1 aromatic carbocycles. The largest absolute Gasteiger partial charge is 0.378 e. The van der Waals surface area contributed by atoms with E-state index in [1.54, 1.807) is 0 Å². The lowest BCUT2D eigenvalue weighted by molar-refractivity contribution is 1.13. The van der Waals surface area contributed by atoms with Crippen LogP contribution in [0.25, 0.3) is 0 Å². The molecule has 70 valence electrons. The first-order chi connectivity index (χ1) is 6.22. The number of nitrogens with zero attached hydrogens (tertiary/aromatic N) is 2. The van der Waals surface area contributed by atoms with Crippen LogP contribution in [-0.4, -0.2) is 14.1 Å². The van der Waals surface area contributed by atoms with Gasteiger partial charge < -0.3 is 4.90 Å². The second kappa shape index (κ2) is 7.17. The number of hydrogen-bond acceptors (Lipinski definition) is 2. The van der Waals surface area contributed by atoms with E-state index < -0.39 is 0 Å². The average molecular weight is 176 g/mol. The molecule has 1 aromatic rings. The predicted molar refractivity (Wildman–Crippen MR) is 56.7 cm³/mol. The van der Waals surface area contributed by atoms with E-state index in [0.717, 1.165) is 0 Å². The molecule has 0 aliphatic heterocycles. The topological polar surface area (TPSA) is 27.0 Å². The van der Waals surface area contributed by atoms with Crippen molar-refractivity contribution in [2.24, 2.45) is 0 Å². The van der Waals surface area contributed by atoms with E-state index in [0.29, 0.717) is 6.42 Å². The molecule has 0 spiro atoms. The molecule has 0 heterocycles. The molecule has 13 heavy (non-hydrogen) atoms. The smallest absolute Gasteiger partial charge is 0.0618 e. The third-order valence-electron chi connectivity index (χ3n) is 1.43. The molecule has 0 bridgehead atoms. The number of anilines is 1. The highest BCUT2D eigenvalue weighted by atomic mass is 15.1. The molecule has 0 saturated heterocycles. The van der Waals surface area contributed by atoms with Crippen LogP contribution in [-0.2, 0) is 0 Å². The zero-order valence-corrected chi connectivity index (χ0v) is 8.49. The average Bonchev–Trinajstić information content (AvgIpc) is 2.19. The van der Waals surface area contributed by atoms with Crippen molar-refractivity contribution in [1.29, 1.82) is 5.26 Å². The van der Waals surface area contributed by atoms with Gasteiger partial charge in [-0.25, -0.2) is 0 Å². The van der Waals surface area contributed by atoms with Crippen molar-refractivity contribution in [1.82, 2.24) is 0 Å². The Morgan fingerprint density at radius 3 is 1.92 bits per heavy atom. The van der Waals surface area contributed by atoms with Gasteiger partial charge in [-0.3, -0.25) is 0 Å². The third-order valence-corrected chi connectivity index (χ3v) is 1.43. The molecular weight excluding hydrogens is 160 g/mol. The molecule has 0 unspecified atom stereocenters. The van der Waals surface area contributed by atoms with Crippen molar-refractivity contribution >= 4 is 5.69 Å². The van der Waals surface area contributed by atoms with Gasteiger partial charge in [0.25, 0.3) is 0 Å². The molecule has 0 saturated carbocycles. The Bertz CT molecular complexity index is 247. The first kappa shape index (κ1) is 11.5. The van der Waals surface area contributed by atoms with Crippen LogP contribution in [0.1, 0.15) is 13.3 Å². The van der Waals surface area contributed by atoms with Crippen LogP contribution in [0.3, 0.4) is 0 Å². The van der Waals surface area contributed by atoms with Crippen LogP contribution in [0.4, 0.5) is 5.69 Å². The van der Waals surface area contributed by atoms with Gasteiger partial charge in [0.05, 0.1) is 6.07 Å². The Morgan fingerprint density at radius 1 is 1.23 bits per heavy atom. The van der Waals surface area contributed by atoms with Gasteiger partial charge in [0, 0.05) is 26.2 Å². The van der Waals surface area contributed by atoms with Crippen LogP contribution in [0.5, 0.6) is 0 Å². The van der Waals surface area contributed by atoms with Crippen molar-refractivity contribution in [3.05, 3.63) is 30.3 Å². The zero-order chi connectivity index (χ0) is 10.1. The number of hydrogen-bond donors (Lipinski definition) is 0. The summed E-state index contributed by atoms with van der Waals surface area (Å²) in [4.78, 5) is 2.08. The minimum Gasteiger partial charge on any atom is -0.378 e. The number of rotatable bonds is 1. The van der Waals surface area contributed by atoms with E-state index in [9.17, 15) is 0 Å². The van der Waals surface area contributed by atoms with Crippen molar-refractivity contribution in [3.63, 3.8) is 0 Å². The van der Waals surface area contributed by atoms with Crippen LogP contribution in [0, 0.1) is 11.3 Å². The lowest BCUT2D eigenvalue weighted by Gasteiger charge is -2.10. The van der Waals surface area contributed by atoms with Crippen molar-refractivity contribution in [3.8, 4) is 6.07 Å². The minimum absolute atomic E-state index is 0.625. The highest BCUT2D eigenvalue weighted by molar-refractivity contribution is 5.43. The molecule has 2 nitrogen and oxygen atoms in total. The molecule has 1 rings (SSSR count). The number of nitriles is 1. The molecule has 0 aromatic heterocycles. The Hall–Kier alpha value is -1.49. The fourth-order valence-corrected chi connectivity index (χ4v) is 0.726. The highest BCUT2D eigenvalue weighted by Gasteiger charge is 1.87. The molecule has 0 aliphatic rings. The molecular formula is C11H16N2. The summed E-state index contributed by atoms with van der Waals surface area (Å²) < 4.78 is 0. The van der Waals surface area contributed by atoms with Crippen molar-refractivity contribution in [2.45, 2.75) is 13.3 Å². The molecule has 0 fully saturated rings. The second-order valence-corrected chi connectivity index (χ2v) is 2.74. The lowest BCUT2D eigenvalue weighted by atomic mass is 10.3. The van der Waals surface area contributed by atoms with E-state index in [-0.39, 0.29) is 0 Å². The maximum absolute atomic E-state index is 7.62. The third kappa shape index (κ3) is 5.75. The molecule has 0 atom stereocenters. The van der Waals surface area contributed by atoms with Gasteiger partial charge >= 0.3 is 0 Å². The Balaban J connectivity index is 0.000000310. The molecule has 0 N–H and O–H groups in total. The Kier molecular flexibility index (Phi) is 6.35. The first-order valence-corrected chi connectivity index (χ1v) is 4.31. The van der Waals surface area contributed by atoms with Gasteiger partial charge in [-0.1, -0.05) is 25.1 Å². The number of para-hydroxylation sites is 1. The van der Waals surface area contributed by atoms with E-state index in [2.05, 4.69) is 17.0 Å². The first-order valence-electron chi connectivity index (χ1n) is 4.31. The van der Waals surface area contributed by atoms with E-state index in [1.807, 2.05) is 45.3 Å². The molecule has 0 aliphatic carbocycles. The standard InChI is InChI=1S/C8H11N.C3H5N/c1-9(2)8-6-4-3-5-7-8;1-2-3-4/h3-7H,1-2H3;2H2,1H3. The van der Waals surface area contributed by atoms with E-state index in [1.165, 1.54) is 5.69 Å². The van der Waals surface area contributed by atoms with Crippen LogP contribution < -0.4 is 4.90 Å². The normalized spacial score (nSPS) is 7.85. The zero-order valence-electron chi connectivity index (χ0n) is 8.49. The van der Waals surface area contributed by atoms with Gasteiger partial charge in [0.1, 0.15) is 0 Å². The summed E-state index contributed by atoms with van der Waals surface area (Å²) in [6.07, 6.45) is 0.625. The maximum atomic E-state index is 7.62. The molecule has 2 heteroatoms. The van der Waals surface area contributed by atoms with Gasteiger partial charge in [-0.15, -0.1) is 0 Å². The quantitative estimate of drug-likeness (QED) is 0.657. The fraction of sp³-hybridized carbons (Fsp3) is 0.364. The fourth-order valence-electron chi connectivity index (χ4n) is 0.726. The summed E-state index contributed by atoms with van der Waals surface area (Å²) in [7, 11) is 4.07. The number of benzene rings is 1. The van der Waals surface area contributed by atoms with Crippen LogP contribution in [0.15, 0.2) is 30.3 Å². The lowest BCUT2D eigenvalue weighted by Crippen LogP contribution is -2.07. The summed E-state index contributed by atoms with van der Waals surface area (Å²) in [5.74, 6) is 0. The summed E-state index contributed by atoms with van der Waals surface area (Å²) in [6.45, 7) is 1.82. The summed E-state index contributed by atoms with van der Waals surface area (Å²) >= 11 is 0. The van der Waals surface area contributed by atoms with Crippen LogP contribution >= 0.6 is 0 Å². The SMILES string of the molecule is CCC#N.CN(C)c1ccccc1. The van der Waals surface area contributed by atoms with Gasteiger partial charge in [0.15, 0.2) is 0 Å². The highest BCUT2D eigenvalue weighted by Crippen LogP contribution is 2.07. The van der Waals surface area contributed by atoms with E-state index in [4.69, 9.17) is 5.26 Å². The minimum atomic E-state index is 0.625. The predicted octanol–water partition coefficient (Wildman–Crippen LogP) is 2.67. The van der Waals surface area contributed by atoms with Crippen molar-refractivity contribution < 1.29 is 0 Å². The van der Waals surface area contributed by atoms with E-state index >= 15 is 0 Å². The monoisotopic (exact) mass is 176 g/mol. The van der Waals surface area contributed by atoms with Gasteiger partial charge in [-0.2, -0.15) is 5.26 Å². The molecule has 0 radical (unpaired) electrons. The second-order valence-electron chi connectivity index (χ2n) is 2.74. The van der Waals surface area contributed by atoms with Gasteiger partial charge in [0.2, 0.25) is 0 Å². The summed E-state index contributed by atoms with van der Waals surface area (Å²) in [6, 6.07) is 12.2. The van der Waals surface area contributed by atoms with Crippen molar-refractivity contribution in [2.75, 3.05) is 19.0 Å². The summed E-state index contributed by atoms with van der Waals surface area (Å²) in [5, 5.41) is 7.62. The Labute approximate surface area is 80.4 Å².